The molecule has 1 N–H and O–H groups in total. The van der Waals surface area contributed by atoms with Gasteiger partial charge in [-0.25, -0.2) is 0 Å². The number of hydrogen-bond acceptors (Lipinski definition) is 4. The van der Waals surface area contributed by atoms with Gasteiger partial charge in [0.05, 0.1) is 12.0 Å². The molecule has 0 spiro atoms. The molecule has 0 saturated heterocycles. The molecular formula is C15H22N2O3. The summed E-state index contributed by atoms with van der Waals surface area (Å²) in [5, 5.41) is 14.5. The molecule has 0 radical (unpaired) electrons. The molecule has 1 aromatic rings. The standard InChI is InChI=1S/C15H22N2O3/c1-11-6-4-3-5-7-13(11)16-14-10-12(20-2)8-9-15(14)17(18)19/h8-11,13,16H,3-7H2,1-2H3. The van der Waals surface area contributed by atoms with Crippen molar-refractivity contribution in [2.45, 2.75) is 45.1 Å². The van der Waals surface area contributed by atoms with Gasteiger partial charge >= 0.3 is 0 Å². The maximum atomic E-state index is 11.1. The second kappa shape index (κ2) is 6.59. The van der Waals surface area contributed by atoms with Crippen molar-refractivity contribution < 1.29 is 9.66 Å². The van der Waals surface area contributed by atoms with E-state index in [9.17, 15) is 10.1 Å². The van der Waals surface area contributed by atoms with Gasteiger partial charge in [-0.15, -0.1) is 0 Å². The molecule has 1 fully saturated rings. The molecule has 110 valence electrons. The number of nitro benzene ring substituents is 1. The van der Waals surface area contributed by atoms with Crippen LogP contribution >= 0.6 is 0 Å². The Kier molecular flexibility index (Phi) is 4.82. The quantitative estimate of drug-likeness (QED) is 0.514. The van der Waals surface area contributed by atoms with Crippen LogP contribution < -0.4 is 10.1 Å². The van der Waals surface area contributed by atoms with Crippen LogP contribution in [0.2, 0.25) is 0 Å². The summed E-state index contributed by atoms with van der Waals surface area (Å²) in [7, 11) is 1.57. The number of ether oxygens (including phenoxy) is 1. The predicted molar refractivity (Wildman–Crippen MR) is 79.3 cm³/mol. The molecule has 2 rings (SSSR count). The summed E-state index contributed by atoms with van der Waals surface area (Å²) in [5.41, 5.74) is 0.676. The van der Waals surface area contributed by atoms with E-state index in [-0.39, 0.29) is 10.6 Å². The Bertz CT molecular complexity index is 476. The number of hydrogen-bond donors (Lipinski definition) is 1. The molecule has 5 nitrogen and oxygen atoms in total. The van der Waals surface area contributed by atoms with E-state index in [4.69, 9.17) is 4.74 Å². The molecule has 0 aromatic heterocycles. The highest BCUT2D eigenvalue weighted by molar-refractivity contribution is 5.64. The van der Waals surface area contributed by atoms with Crippen molar-refractivity contribution in [3.05, 3.63) is 28.3 Å². The van der Waals surface area contributed by atoms with Crippen LogP contribution in [0.4, 0.5) is 11.4 Å². The minimum absolute atomic E-state index is 0.113. The molecule has 20 heavy (non-hydrogen) atoms. The molecule has 0 heterocycles. The van der Waals surface area contributed by atoms with Crippen molar-refractivity contribution in [2.24, 2.45) is 5.92 Å². The topological polar surface area (TPSA) is 64.4 Å². The van der Waals surface area contributed by atoms with Crippen LogP contribution in [-0.4, -0.2) is 18.1 Å². The lowest BCUT2D eigenvalue weighted by molar-refractivity contribution is -0.384. The highest BCUT2D eigenvalue weighted by Crippen LogP contribution is 2.32. The highest BCUT2D eigenvalue weighted by Gasteiger charge is 2.23. The maximum absolute atomic E-state index is 11.1. The molecule has 1 saturated carbocycles. The van der Waals surface area contributed by atoms with Gasteiger partial charge in [0.15, 0.2) is 0 Å². The van der Waals surface area contributed by atoms with E-state index in [1.807, 2.05) is 0 Å². The number of anilines is 1. The molecule has 0 bridgehead atoms. The smallest absolute Gasteiger partial charge is 0.292 e. The van der Waals surface area contributed by atoms with Crippen LogP contribution in [0, 0.1) is 16.0 Å². The lowest BCUT2D eigenvalue weighted by Gasteiger charge is -2.24. The van der Waals surface area contributed by atoms with E-state index in [1.165, 1.54) is 31.7 Å². The van der Waals surface area contributed by atoms with E-state index in [1.54, 1.807) is 19.2 Å². The summed E-state index contributed by atoms with van der Waals surface area (Å²) < 4.78 is 5.17. The Morgan fingerprint density at radius 2 is 2.05 bits per heavy atom. The van der Waals surface area contributed by atoms with Crippen molar-refractivity contribution in [3.63, 3.8) is 0 Å². The van der Waals surface area contributed by atoms with Crippen LogP contribution in [0.1, 0.15) is 39.0 Å². The largest absolute Gasteiger partial charge is 0.497 e. The number of nitrogens with zero attached hydrogens (tertiary/aromatic N) is 1. The van der Waals surface area contributed by atoms with Gasteiger partial charge in [-0.3, -0.25) is 10.1 Å². The molecule has 1 aliphatic rings. The van der Waals surface area contributed by atoms with E-state index in [0.717, 1.165) is 6.42 Å². The normalized spacial score (nSPS) is 22.9. The Labute approximate surface area is 119 Å². The highest BCUT2D eigenvalue weighted by atomic mass is 16.6. The van der Waals surface area contributed by atoms with Crippen molar-refractivity contribution in [1.29, 1.82) is 0 Å². The number of methoxy groups -OCH3 is 1. The zero-order valence-electron chi connectivity index (χ0n) is 12.1. The Hall–Kier alpha value is -1.78. The molecule has 1 aromatic carbocycles. The summed E-state index contributed by atoms with van der Waals surface area (Å²) in [6.45, 7) is 2.22. The van der Waals surface area contributed by atoms with Crippen LogP contribution in [-0.2, 0) is 0 Å². The minimum Gasteiger partial charge on any atom is -0.497 e. The Balaban J connectivity index is 2.23. The molecule has 1 aliphatic carbocycles. The van der Waals surface area contributed by atoms with Gasteiger partial charge in [0.2, 0.25) is 0 Å². The van der Waals surface area contributed by atoms with E-state index < -0.39 is 0 Å². The number of nitro groups is 1. The van der Waals surface area contributed by atoms with E-state index in [0.29, 0.717) is 23.4 Å². The monoisotopic (exact) mass is 278 g/mol. The van der Waals surface area contributed by atoms with Crippen molar-refractivity contribution in [2.75, 3.05) is 12.4 Å². The minimum atomic E-state index is -0.344. The van der Waals surface area contributed by atoms with Gasteiger partial charge in [0.1, 0.15) is 11.4 Å². The van der Waals surface area contributed by atoms with Gasteiger partial charge in [0.25, 0.3) is 5.69 Å². The van der Waals surface area contributed by atoms with Crippen LogP contribution in [0.5, 0.6) is 5.75 Å². The first-order valence-corrected chi connectivity index (χ1v) is 7.21. The molecule has 0 aliphatic heterocycles. The number of benzene rings is 1. The van der Waals surface area contributed by atoms with Crippen LogP contribution in [0.3, 0.4) is 0 Å². The first-order chi connectivity index (χ1) is 9.61. The zero-order valence-corrected chi connectivity index (χ0v) is 12.1. The lowest BCUT2D eigenvalue weighted by Crippen LogP contribution is -2.26. The average Bonchev–Trinajstić information content (AvgIpc) is 2.64. The second-order valence-corrected chi connectivity index (χ2v) is 5.51. The third-order valence-corrected chi connectivity index (χ3v) is 4.10. The molecule has 5 heteroatoms. The van der Waals surface area contributed by atoms with Crippen LogP contribution in [0.25, 0.3) is 0 Å². The molecule has 2 atom stereocenters. The molecule has 0 amide bonds. The van der Waals surface area contributed by atoms with E-state index in [2.05, 4.69) is 12.2 Å². The fourth-order valence-corrected chi connectivity index (χ4v) is 2.82. The van der Waals surface area contributed by atoms with Crippen molar-refractivity contribution >= 4 is 11.4 Å². The number of nitrogens with one attached hydrogen (secondary N) is 1. The SMILES string of the molecule is COc1ccc([N+](=O)[O-])c(NC2CCCCCC2C)c1. The summed E-state index contributed by atoms with van der Waals surface area (Å²) >= 11 is 0. The van der Waals surface area contributed by atoms with Crippen molar-refractivity contribution in [3.8, 4) is 5.75 Å². The summed E-state index contributed by atoms with van der Waals surface area (Å²) in [6, 6.07) is 5.14. The summed E-state index contributed by atoms with van der Waals surface area (Å²) in [5.74, 6) is 1.17. The van der Waals surface area contributed by atoms with Gasteiger partial charge in [-0.1, -0.05) is 26.2 Å². The molecular weight excluding hydrogens is 256 g/mol. The van der Waals surface area contributed by atoms with Gasteiger partial charge < -0.3 is 10.1 Å². The maximum Gasteiger partial charge on any atom is 0.292 e. The summed E-state index contributed by atoms with van der Waals surface area (Å²) in [6.07, 6.45) is 5.92. The molecule has 2 unspecified atom stereocenters. The Morgan fingerprint density at radius 3 is 2.75 bits per heavy atom. The van der Waals surface area contributed by atoms with Gasteiger partial charge in [-0.05, 0) is 24.8 Å². The Morgan fingerprint density at radius 1 is 1.30 bits per heavy atom. The third-order valence-electron chi connectivity index (χ3n) is 4.10. The van der Waals surface area contributed by atoms with Crippen molar-refractivity contribution in [1.82, 2.24) is 0 Å². The third kappa shape index (κ3) is 3.40. The predicted octanol–water partition coefficient (Wildman–Crippen LogP) is 3.98. The summed E-state index contributed by atoms with van der Waals surface area (Å²) in [4.78, 5) is 10.8. The first kappa shape index (κ1) is 14.6. The first-order valence-electron chi connectivity index (χ1n) is 7.21. The van der Waals surface area contributed by atoms with Gasteiger partial charge in [-0.2, -0.15) is 0 Å². The number of rotatable bonds is 4. The zero-order chi connectivity index (χ0) is 14.5. The lowest BCUT2D eigenvalue weighted by atomic mass is 9.96. The second-order valence-electron chi connectivity index (χ2n) is 5.51. The fraction of sp³-hybridized carbons (Fsp3) is 0.600. The van der Waals surface area contributed by atoms with E-state index >= 15 is 0 Å². The van der Waals surface area contributed by atoms with Gasteiger partial charge in [0, 0.05) is 18.2 Å². The average molecular weight is 278 g/mol. The van der Waals surface area contributed by atoms with Crippen LogP contribution in [0.15, 0.2) is 18.2 Å². The fourth-order valence-electron chi connectivity index (χ4n) is 2.82.